The number of imidazole rings is 1. The average Bonchev–Trinajstić information content (AvgIpc) is 2.79. The Morgan fingerprint density at radius 1 is 1.55 bits per heavy atom. The van der Waals surface area contributed by atoms with Crippen LogP contribution in [0.25, 0.3) is 5.65 Å². The highest BCUT2D eigenvalue weighted by Gasteiger charge is 2.16. The number of nitrogens with zero attached hydrogens (tertiary/aromatic N) is 2. The molecule has 1 amide bonds. The van der Waals surface area contributed by atoms with Crippen LogP contribution in [0.15, 0.2) is 24.5 Å². The fraction of sp³-hybridized carbons (Fsp3) is 0.250. The van der Waals surface area contributed by atoms with Gasteiger partial charge >= 0.3 is 5.97 Å². The summed E-state index contributed by atoms with van der Waals surface area (Å²) in [6, 6.07) is 2.68. The smallest absolute Gasteiger partial charge is 0.327 e. The third-order valence-corrected chi connectivity index (χ3v) is 3.86. The first-order valence-corrected chi connectivity index (χ1v) is 7.27. The van der Waals surface area contributed by atoms with Gasteiger partial charge in [-0.1, -0.05) is 11.6 Å². The van der Waals surface area contributed by atoms with Gasteiger partial charge in [0, 0.05) is 23.9 Å². The lowest BCUT2D eigenvalue weighted by Gasteiger charge is -2.09. The summed E-state index contributed by atoms with van der Waals surface area (Å²) in [6.07, 6.45) is 4.00. The van der Waals surface area contributed by atoms with Crippen LogP contribution in [0.5, 0.6) is 0 Å². The monoisotopic (exact) mass is 313 g/mol. The summed E-state index contributed by atoms with van der Waals surface area (Å²) in [5.41, 5.74) is 1.61. The minimum Gasteiger partial charge on any atom is -0.480 e. The van der Waals surface area contributed by atoms with Crippen LogP contribution in [0.3, 0.4) is 0 Å². The fourth-order valence-electron chi connectivity index (χ4n) is 1.64. The molecule has 0 aliphatic heterocycles. The van der Waals surface area contributed by atoms with Gasteiger partial charge in [0.25, 0.3) is 0 Å². The molecular weight excluding hydrogens is 302 g/mol. The summed E-state index contributed by atoms with van der Waals surface area (Å²) in [5.74, 6) is -0.210. The van der Waals surface area contributed by atoms with Gasteiger partial charge in [-0.25, -0.2) is 9.78 Å². The number of pyridine rings is 1. The van der Waals surface area contributed by atoms with Gasteiger partial charge in [0.2, 0.25) is 6.41 Å². The van der Waals surface area contributed by atoms with E-state index in [4.69, 9.17) is 16.7 Å². The number of hydrogen-bond acceptors (Lipinski definition) is 4. The summed E-state index contributed by atoms with van der Waals surface area (Å²) >= 11 is 7.27. The maximum Gasteiger partial charge on any atom is 0.327 e. The maximum absolute atomic E-state index is 10.8. The molecule has 2 N–H and O–H groups in total. The zero-order chi connectivity index (χ0) is 14.5. The van der Waals surface area contributed by atoms with Crippen LogP contribution in [0.2, 0.25) is 5.02 Å². The second-order valence-corrected chi connectivity index (χ2v) is 5.50. The van der Waals surface area contributed by atoms with E-state index in [1.165, 1.54) is 11.8 Å². The maximum atomic E-state index is 10.8. The van der Waals surface area contributed by atoms with Gasteiger partial charge in [-0.05, 0) is 12.1 Å². The standard InChI is InChI=1S/C12H12ClN3O3S/c13-8-1-2-11-15-9(4-16(11)3-8)5-20-6-10(12(18)19)14-7-17/h1-4,7,10H,5-6H2,(H,14,17)(H,18,19). The van der Waals surface area contributed by atoms with E-state index in [1.54, 1.807) is 12.3 Å². The number of carbonyl (C=O) groups excluding carboxylic acids is 1. The van der Waals surface area contributed by atoms with Crippen molar-refractivity contribution in [1.29, 1.82) is 0 Å². The number of carboxylic acid groups (broad SMARTS) is 1. The van der Waals surface area contributed by atoms with Crippen molar-refractivity contribution in [1.82, 2.24) is 14.7 Å². The molecule has 2 aromatic rings. The van der Waals surface area contributed by atoms with Crippen molar-refractivity contribution in [3.05, 3.63) is 35.2 Å². The molecule has 0 saturated carbocycles. The Labute approximate surface area is 124 Å². The van der Waals surface area contributed by atoms with E-state index in [0.717, 1.165) is 11.3 Å². The van der Waals surface area contributed by atoms with Crippen molar-refractivity contribution in [2.75, 3.05) is 5.75 Å². The highest BCUT2D eigenvalue weighted by molar-refractivity contribution is 7.98. The van der Waals surface area contributed by atoms with Gasteiger partial charge in [0.15, 0.2) is 0 Å². The molecule has 1 unspecified atom stereocenters. The van der Waals surface area contributed by atoms with Gasteiger partial charge in [0.05, 0.1) is 10.7 Å². The van der Waals surface area contributed by atoms with Crippen LogP contribution in [-0.2, 0) is 15.3 Å². The normalized spacial score (nSPS) is 12.2. The molecule has 0 spiro atoms. The van der Waals surface area contributed by atoms with Crippen LogP contribution in [0, 0.1) is 0 Å². The van der Waals surface area contributed by atoms with Crippen LogP contribution in [0.1, 0.15) is 5.69 Å². The van der Waals surface area contributed by atoms with Crippen molar-refractivity contribution in [3.63, 3.8) is 0 Å². The molecule has 2 heterocycles. The van der Waals surface area contributed by atoms with E-state index in [9.17, 15) is 9.59 Å². The molecule has 0 fully saturated rings. The Balaban J connectivity index is 1.95. The number of nitrogens with one attached hydrogen (secondary N) is 1. The van der Waals surface area contributed by atoms with Gasteiger partial charge in [-0.2, -0.15) is 11.8 Å². The second kappa shape index (κ2) is 6.62. The van der Waals surface area contributed by atoms with E-state index < -0.39 is 12.0 Å². The van der Waals surface area contributed by atoms with Crippen LogP contribution < -0.4 is 5.32 Å². The van der Waals surface area contributed by atoms with Crippen molar-refractivity contribution >= 4 is 41.4 Å². The van der Waals surface area contributed by atoms with Gasteiger partial charge in [-0.15, -0.1) is 0 Å². The first-order chi connectivity index (χ1) is 9.60. The molecular formula is C12H12ClN3O3S. The van der Waals surface area contributed by atoms with Crippen LogP contribution in [0.4, 0.5) is 0 Å². The van der Waals surface area contributed by atoms with Crippen molar-refractivity contribution in [2.24, 2.45) is 0 Å². The van der Waals surface area contributed by atoms with E-state index in [2.05, 4.69) is 10.3 Å². The number of rotatable bonds is 7. The highest BCUT2D eigenvalue weighted by Crippen LogP contribution is 2.16. The Kier molecular flexibility index (Phi) is 4.86. The largest absolute Gasteiger partial charge is 0.480 e. The third-order valence-electron chi connectivity index (χ3n) is 2.57. The van der Waals surface area contributed by atoms with Crippen molar-refractivity contribution < 1.29 is 14.7 Å². The topological polar surface area (TPSA) is 83.7 Å². The number of halogens is 1. The molecule has 106 valence electrons. The molecule has 0 bridgehead atoms. The predicted molar refractivity (Wildman–Crippen MR) is 77.0 cm³/mol. The number of carboxylic acids is 1. The third kappa shape index (κ3) is 3.64. The molecule has 0 aliphatic rings. The average molecular weight is 314 g/mol. The Bertz CT molecular complexity index is 631. The lowest BCUT2D eigenvalue weighted by Crippen LogP contribution is -2.37. The molecule has 2 aromatic heterocycles. The predicted octanol–water partition coefficient (Wildman–Crippen LogP) is 1.42. The molecule has 0 saturated heterocycles. The molecule has 0 aromatic carbocycles. The number of carbonyl (C=O) groups is 2. The Morgan fingerprint density at radius 3 is 3.05 bits per heavy atom. The van der Waals surface area contributed by atoms with Crippen LogP contribution >= 0.6 is 23.4 Å². The zero-order valence-corrected chi connectivity index (χ0v) is 11.9. The number of hydrogen-bond donors (Lipinski definition) is 2. The molecule has 0 aliphatic carbocycles. The molecule has 8 heteroatoms. The first kappa shape index (κ1) is 14.7. The quantitative estimate of drug-likeness (QED) is 0.755. The van der Waals surface area contributed by atoms with Gasteiger partial charge in [0.1, 0.15) is 11.7 Å². The number of thioether (sulfide) groups is 1. The van der Waals surface area contributed by atoms with Gasteiger partial charge < -0.3 is 14.8 Å². The van der Waals surface area contributed by atoms with E-state index in [0.29, 0.717) is 17.2 Å². The summed E-state index contributed by atoms with van der Waals surface area (Å²) in [5, 5.41) is 11.8. The lowest BCUT2D eigenvalue weighted by molar-refractivity contribution is -0.139. The zero-order valence-electron chi connectivity index (χ0n) is 10.3. The summed E-state index contributed by atoms with van der Waals surface area (Å²) in [4.78, 5) is 25.5. The van der Waals surface area contributed by atoms with E-state index in [-0.39, 0.29) is 5.75 Å². The number of amides is 1. The number of aliphatic carboxylic acids is 1. The van der Waals surface area contributed by atoms with E-state index in [1.807, 2.05) is 16.7 Å². The molecule has 1 atom stereocenters. The molecule has 0 radical (unpaired) electrons. The first-order valence-electron chi connectivity index (χ1n) is 5.73. The summed E-state index contributed by atoms with van der Waals surface area (Å²) in [6.45, 7) is 0. The lowest BCUT2D eigenvalue weighted by atomic mass is 10.3. The second-order valence-electron chi connectivity index (χ2n) is 4.04. The van der Waals surface area contributed by atoms with E-state index >= 15 is 0 Å². The molecule has 6 nitrogen and oxygen atoms in total. The van der Waals surface area contributed by atoms with Crippen LogP contribution in [-0.4, -0.2) is 38.7 Å². The number of aromatic nitrogens is 2. The Morgan fingerprint density at radius 2 is 2.35 bits per heavy atom. The minimum absolute atomic E-state index is 0.280. The minimum atomic E-state index is -1.05. The summed E-state index contributed by atoms with van der Waals surface area (Å²) < 4.78 is 1.82. The molecule has 2 rings (SSSR count). The SMILES string of the molecule is O=CNC(CSCc1cn2cc(Cl)ccc2n1)C(=O)O. The van der Waals surface area contributed by atoms with Gasteiger partial charge in [-0.3, -0.25) is 4.79 Å². The van der Waals surface area contributed by atoms with Crippen molar-refractivity contribution in [2.45, 2.75) is 11.8 Å². The highest BCUT2D eigenvalue weighted by atomic mass is 35.5. The molecule has 20 heavy (non-hydrogen) atoms. The van der Waals surface area contributed by atoms with Crippen molar-refractivity contribution in [3.8, 4) is 0 Å². The summed E-state index contributed by atoms with van der Waals surface area (Å²) in [7, 11) is 0. The fourth-order valence-corrected chi connectivity index (χ4v) is 2.75. The number of fused-ring (bicyclic) bond motifs is 1. The Hall–Kier alpha value is -1.73.